The van der Waals surface area contributed by atoms with Gasteiger partial charge in [0.15, 0.2) is 16.7 Å². The molecule has 128 valence electrons. The van der Waals surface area contributed by atoms with Gasteiger partial charge in [-0.25, -0.2) is 4.99 Å². The molecule has 7 heteroatoms. The predicted octanol–water partition coefficient (Wildman–Crippen LogP) is 4.36. The van der Waals surface area contributed by atoms with Crippen LogP contribution in [0.5, 0.6) is 11.5 Å². The topological polar surface area (TPSA) is 59.9 Å². The van der Waals surface area contributed by atoms with Crippen molar-refractivity contribution < 1.29 is 14.3 Å². The smallest absolute Gasteiger partial charge is 0.264 e. The largest absolute Gasteiger partial charge is 0.493 e. The second-order valence-electron chi connectivity index (χ2n) is 5.04. The van der Waals surface area contributed by atoms with Crippen LogP contribution in [0.15, 0.2) is 56.8 Å². The number of halogens is 1. The third-order valence-electron chi connectivity index (χ3n) is 3.41. The van der Waals surface area contributed by atoms with Crippen molar-refractivity contribution in [1.82, 2.24) is 5.32 Å². The molecule has 1 amide bonds. The molecule has 3 rings (SSSR count). The van der Waals surface area contributed by atoms with Crippen LogP contribution in [0, 0.1) is 0 Å². The Morgan fingerprint density at radius 1 is 1.16 bits per heavy atom. The van der Waals surface area contributed by atoms with E-state index in [9.17, 15) is 4.79 Å². The average Bonchev–Trinajstić information content (AvgIpc) is 2.93. The highest BCUT2D eigenvalue weighted by Gasteiger charge is 2.24. The van der Waals surface area contributed by atoms with E-state index in [1.807, 2.05) is 42.5 Å². The van der Waals surface area contributed by atoms with Crippen molar-refractivity contribution in [2.45, 2.75) is 0 Å². The van der Waals surface area contributed by atoms with E-state index in [2.05, 4.69) is 26.2 Å². The number of amides is 1. The fraction of sp³-hybridized carbons (Fsp3) is 0.111. The maximum Gasteiger partial charge on any atom is 0.264 e. The summed E-state index contributed by atoms with van der Waals surface area (Å²) in [6.07, 6.45) is 1.77. The van der Waals surface area contributed by atoms with Crippen LogP contribution in [0.25, 0.3) is 6.08 Å². The van der Waals surface area contributed by atoms with Gasteiger partial charge in [-0.15, -0.1) is 0 Å². The number of hydrogen-bond acceptors (Lipinski definition) is 5. The Hall–Kier alpha value is -2.25. The van der Waals surface area contributed by atoms with E-state index in [1.54, 1.807) is 20.3 Å². The van der Waals surface area contributed by atoms with Gasteiger partial charge in [-0.3, -0.25) is 4.79 Å². The van der Waals surface area contributed by atoms with Crippen LogP contribution in [0.3, 0.4) is 0 Å². The molecule has 2 aromatic rings. The molecule has 1 aliphatic rings. The molecule has 25 heavy (non-hydrogen) atoms. The van der Waals surface area contributed by atoms with Gasteiger partial charge in [-0.05, 0) is 42.1 Å². The molecule has 0 radical (unpaired) electrons. The molecule has 5 nitrogen and oxygen atoms in total. The lowest BCUT2D eigenvalue weighted by molar-refractivity contribution is -0.115. The summed E-state index contributed by atoms with van der Waals surface area (Å²) in [6, 6.07) is 13.1. The van der Waals surface area contributed by atoms with Gasteiger partial charge in [0.25, 0.3) is 5.91 Å². The number of carbonyl (C=O) groups excluding carboxylic acids is 1. The minimum absolute atomic E-state index is 0.191. The molecule has 0 bridgehead atoms. The molecule has 1 aliphatic heterocycles. The first-order valence-electron chi connectivity index (χ1n) is 7.37. The molecule has 1 fully saturated rings. The monoisotopic (exact) mass is 418 g/mol. The van der Waals surface area contributed by atoms with Crippen molar-refractivity contribution in [1.29, 1.82) is 0 Å². The van der Waals surface area contributed by atoms with Crippen LogP contribution >= 0.6 is 27.7 Å². The SMILES string of the molecule is COc1cccc(C=C2SC(=Nc3cccc(Br)c3)NC2=O)c1OC. The lowest BCUT2D eigenvalue weighted by Gasteiger charge is -2.10. The van der Waals surface area contributed by atoms with Crippen molar-refractivity contribution >= 4 is 50.5 Å². The van der Waals surface area contributed by atoms with Crippen LogP contribution < -0.4 is 14.8 Å². The molecule has 1 heterocycles. The second kappa shape index (κ2) is 7.76. The third kappa shape index (κ3) is 4.05. The summed E-state index contributed by atoms with van der Waals surface area (Å²) in [5, 5.41) is 3.31. The minimum Gasteiger partial charge on any atom is -0.493 e. The minimum atomic E-state index is -0.191. The number of nitrogens with one attached hydrogen (secondary N) is 1. The first kappa shape index (κ1) is 17.6. The van der Waals surface area contributed by atoms with E-state index in [0.29, 0.717) is 21.6 Å². The quantitative estimate of drug-likeness (QED) is 0.749. The Morgan fingerprint density at radius 2 is 1.96 bits per heavy atom. The zero-order valence-corrected chi connectivity index (χ0v) is 16.0. The first-order valence-corrected chi connectivity index (χ1v) is 8.98. The lowest BCUT2D eigenvalue weighted by atomic mass is 10.1. The molecular formula is C18H15BrN2O3S. The Bertz CT molecular complexity index is 880. The highest BCUT2D eigenvalue weighted by Crippen LogP contribution is 2.35. The van der Waals surface area contributed by atoms with Gasteiger partial charge in [0.1, 0.15) is 0 Å². The zero-order valence-electron chi connectivity index (χ0n) is 13.6. The number of thioether (sulfide) groups is 1. The normalized spacial score (nSPS) is 17.0. The molecule has 1 N–H and O–H groups in total. The highest BCUT2D eigenvalue weighted by atomic mass is 79.9. The highest BCUT2D eigenvalue weighted by molar-refractivity contribution is 9.10. The van der Waals surface area contributed by atoms with Gasteiger partial charge in [0.2, 0.25) is 0 Å². The van der Waals surface area contributed by atoms with Crippen LogP contribution in [-0.2, 0) is 4.79 Å². The number of aliphatic imine (C=N–C) groups is 1. The van der Waals surface area contributed by atoms with Gasteiger partial charge >= 0.3 is 0 Å². The molecule has 0 aliphatic carbocycles. The van der Waals surface area contributed by atoms with Crippen molar-refractivity contribution in [3.8, 4) is 11.5 Å². The van der Waals surface area contributed by atoms with E-state index < -0.39 is 0 Å². The number of ether oxygens (including phenoxy) is 2. The molecule has 0 unspecified atom stereocenters. The van der Waals surface area contributed by atoms with Crippen LogP contribution in [0.1, 0.15) is 5.56 Å². The molecule has 1 saturated heterocycles. The summed E-state index contributed by atoms with van der Waals surface area (Å²) in [6.45, 7) is 0. The lowest BCUT2D eigenvalue weighted by Crippen LogP contribution is -2.19. The Balaban J connectivity index is 1.90. The van der Waals surface area contributed by atoms with E-state index >= 15 is 0 Å². The van der Waals surface area contributed by atoms with Crippen LogP contribution in [-0.4, -0.2) is 25.3 Å². The summed E-state index contributed by atoms with van der Waals surface area (Å²) in [7, 11) is 3.15. The standard InChI is InChI=1S/C18H15BrN2O3S/c1-23-14-8-3-5-11(16(14)24-2)9-15-17(22)21-18(25-15)20-13-7-4-6-12(19)10-13/h3-10H,1-2H3,(H,20,21,22). The fourth-order valence-corrected chi connectivity index (χ4v) is 3.53. The zero-order chi connectivity index (χ0) is 17.8. The first-order chi connectivity index (χ1) is 12.1. The number of para-hydroxylation sites is 1. The van der Waals surface area contributed by atoms with E-state index in [-0.39, 0.29) is 5.91 Å². The van der Waals surface area contributed by atoms with Gasteiger partial charge in [0.05, 0.1) is 24.8 Å². The number of rotatable bonds is 4. The van der Waals surface area contributed by atoms with E-state index in [4.69, 9.17) is 9.47 Å². The summed E-state index contributed by atoms with van der Waals surface area (Å²) in [5.74, 6) is 1.01. The Kier molecular flexibility index (Phi) is 5.45. The molecule has 0 saturated carbocycles. The summed E-state index contributed by atoms with van der Waals surface area (Å²) in [5.41, 5.74) is 1.53. The molecular weight excluding hydrogens is 404 g/mol. The summed E-state index contributed by atoms with van der Waals surface area (Å²) < 4.78 is 11.6. The van der Waals surface area contributed by atoms with E-state index in [1.165, 1.54) is 11.8 Å². The number of hydrogen-bond donors (Lipinski definition) is 1. The number of carbonyl (C=O) groups is 1. The average molecular weight is 419 g/mol. The third-order valence-corrected chi connectivity index (χ3v) is 4.81. The number of benzene rings is 2. The van der Waals surface area contributed by atoms with Gasteiger partial charge in [0, 0.05) is 10.0 Å². The van der Waals surface area contributed by atoms with Gasteiger partial charge in [-0.2, -0.15) is 0 Å². The van der Waals surface area contributed by atoms with Crippen molar-refractivity contribution in [3.63, 3.8) is 0 Å². The Labute approximate surface area is 158 Å². The van der Waals surface area contributed by atoms with E-state index in [0.717, 1.165) is 15.7 Å². The van der Waals surface area contributed by atoms with Gasteiger partial charge < -0.3 is 14.8 Å². The van der Waals surface area contributed by atoms with Crippen LogP contribution in [0.4, 0.5) is 5.69 Å². The molecule has 0 aromatic heterocycles. The van der Waals surface area contributed by atoms with Gasteiger partial charge in [-0.1, -0.05) is 34.1 Å². The van der Waals surface area contributed by atoms with Crippen molar-refractivity contribution in [2.24, 2.45) is 4.99 Å². The number of methoxy groups -OCH3 is 2. The number of amidine groups is 1. The molecule has 0 spiro atoms. The molecule has 2 aromatic carbocycles. The maximum atomic E-state index is 12.2. The second-order valence-corrected chi connectivity index (χ2v) is 6.99. The number of nitrogens with zero attached hydrogens (tertiary/aromatic N) is 1. The van der Waals surface area contributed by atoms with Crippen molar-refractivity contribution in [2.75, 3.05) is 14.2 Å². The maximum absolute atomic E-state index is 12.2. The fourth-order valence-electron chi connectivity index (χ4n) is 2.31. The van der Waals surface area contributed by atoms with Crippen LogP contribution in [0.2, 0.25) is 0 Å². The predicted molar refractivity (Wildman–Crippen MR) is 104 cm³/mol. The van der Waals surface area contributed by atoms with Crippen molar-refractivity contribution in [3.05, 3.63) is 57.4 Å². The summed E-state index contributed by atoms with van der Waals surface area (Å²) >= 11 is 4.69. The molecule has 0 atom stereocenters. The Morgan fingerprint density at radius 3 is 2.68 bits per heavy atom. The summed E-state index contributed by atoms with van der Waals surface area (Å²) in [4.78, 5) is 17.2.